The summed E-state index contributed by atoms with van der Waals surface area (Å²) in [6.07, 6.45) is 0.974. The normalized spacial score (nSPS) is 11.7. The summed E-state index contributed by atoms with van der Waals surface area (Å²) in [4.78, 5) is 38.9. The number of carbonyl (C=O) groups excluding carboxylic acids is 3. The van der Waals surface area contributed by atoms with Crippen LogP contribution < -0.4 is 10.6 Å². The Bertz CT molecular complexity index is 780. The van der Waals surface area contributed by atoms with Crippen molar-refractivity contribution in [2.45, 2.75) is 59.1 Å². The molecule has 1 aromatic carbocycles. The standard InChI is InChI=1S/C22H32N4O4/c1-6-7-12-24-20(28)19(17-10-8-9-16(2)14-17)26(13-11-23)18(27)15-25-21(29)30-22(3,4)5/h8-10,14,19H,6-7,12-13,15H2,1-5H3,(H,24,28)(H,25,29). The van der Waals surface area contributed by atoms with E-state index in [0.29, 0.717) is 12.1 Å². The Hall–Kier alpha value is -3.08. The molecule has 0 bridgehead atoms. The zero-order valence-electron chi connectivity index (χ0n) is 18.4. The molecule has 0 saturated heterocycles. The fourth-order valence-electron chi connectivity index (χ4n) is 2.76. The lowest BCUT2D eigenvalue weighted by Crippen LogP contribution is -2.48. The van der Waals surface area contributed by atoms with Crippen LogP contribution in [0.1, 0.15) is 57.7 Å². The SMILES string of the molecule is CCCCNC(=O)C(c1cccc(C)c1)N(CC#N)C(=O)CNC(=O)OC(C)(C)C. The highest BCUT2D eigenvalue weighted by atomic mass is 16.6. The first kappa shape index (κ1) is 25.0. The van der Waals surface area contributed by atoms with Crippen LogP contribution >= 0.6 is 0 Å². The Morgan fingerprint density at radius 2 is 1.93 bits per heavy atom. The molecule has 0 aliphatic carbocycles. The summed E-state index contributed by atoms with van der Waals surface area (Å²) in [5.41, 5.74) is 0.822. The summed E-state index contributed by atoms with van der Waals surface area (Å²) in [5.74, 6) is -0.922. The van der Waals surface area contributed by atoms with E-state index in [0.717, 1.165) is 18.4 Å². The molecule has 1 rings (SSSR count). The van der Waals surface area contributed by atoms with E-state index >= 15 is 0 Å². The topological polar surface area (TPSA) is 112 Å². The number of ether oxygens (including phenoxy) is 1. The Morgan fingerprint density at radius 3 is 2.50 bits per heavy atom. The highest BCUT2D eigenvalue weighted by Gasteiger charge is 2.31. The van der Waals surface area contributed by atoms with Crippen LogP contribution in [0.4, 0.5) is 4.79 Å². The third-order valence-electron chi connectivity index (χ3n) is 4.09. The predicted octanol–water partition coefficient (Wildman–Crippen LogP) is 2.83. The number of alkyl carbamates (subject to hydrolysis) is 1. The van der Waals surface area contributed by atoms with Crippen molar-refractivity contribution in [2.24, 2.45) is 0 Å². The first-order chi connectivity index (χ1) is 14.1. The smallest absolute Gasteiger partial charge is 0.408 e. The molecule has 8 nitrogen and oxygen atoms in total. The Balaban J connectivity index is 3.08. The van der Waals surface area contributed by atoms with Gasteiger partial charge in [0.25, 0.3) is 0 Å². The van der Waals surface area contributed by atoms with Crippen molar-refractivity contribution < 1.29 is 19.1 Å². The van der Waals surface area contributed by atoms with E-state index in [-0.39, 0.29) is 19.0 Å². The molecule has 1 atom stereocenters. The van der Waals surface area contributed by atoms with Gasteiger partial charge in [0.05, 0.1) is 6.07 Å². The van der Waals surface area contributed by atoms with Gasteiger partial charge in [-0.05, 0) is 39.7 Å². The molecule has 8 heteroatoms. The average Bonchev–Trinajstić information content (AvgIpc) is 2.64. The van der Waals surface area contributed by atoms with Crippen LogP contribution in [0, 0.1) is 18.3 Å². The van der Waals surface area contributed by atoms with Crippen LogP contribution in [0.3, 0.4) is 0 Å². The highest BCUT2D eigenvalue weighted by Crippen LogP contribution is 2.22. The molecule has 0 fully saturated rings. The van der Waals surface area contributed by atoms with Crippen molar-refractivity contribution in [1.82, 2.24) is 15.5 Å². The molecule has 0 aromatic heterocycles. The largest absolute Gasteiger partial charge is 0.444 e. The summed E-state index contributed by atoms with van der Waals surface area (Å²) < 4.78 is 5.14. The number of benzene rings is 1. The van der Waals surface area contributed by atoms with E-state index in [1.54, 1.807) is 32.9 Å². The summed E-state index contributed by atoms with van der Waals surface area (Å²) >= 11 is 0. The zero-order valence-corrected chi connectivity index (χ0v) is 18.4. The van der Waals surface area contributed by atoms with Crippen molar-refractivity contribution in [1.29, 1.82) is 5.26 Å². The molecule has 30 heavy (non-hydrogen) atoms. The van der Waals surface area contributed by atoms with Crippen molar-refractivity contribution in [3.63, 3.8) is 0 Å². The number of nitrogens with zero attached hydrogens (tertiary/aromatic N) is 2. The number of rotatable bonds is 9. The lowest BCUT2D eigenvalue weighted by atomic mass is 10.0. The van der Waals surface area contributed by atoms with Gasteiger partial charge in [0.2, 0.25) is 11.8 Å². The molecule has 1 aromatic rings. The summed E-state index contributed by atoms with van der Waals surface area (Å²) in [5, 5.41) is 14.5. The molecular formula is C22H32N4O4. The quantitative estimate of drug-likeness (QED) is 0.475. The number of nitrogens with one attached hydrogen (secondary N) is 2. The molecule has 0 radical (unpaired) electrons. The first-order valence-electron chi connectivity index (χ1n) is 10.1. The molecule has 0 aliphatic heterocycles. The number of amides is 3. The van der Waals surface area contributed by atoms with Crippen LogP contribution in [-0.2, 0) is 14.3 Å². The lowest BCUT2D eigenvalue weighted by molar-refractivity contribution is -0.139. The third-order valence-corrected chi connectivity index (χ3v) is 4.09. The molecule has 164 valence electrons. The van der Waals surface area contributed by atoms with E-state index in [9.17, 15) is 19.6 Å². The average molecular weight is 417 g/mol. The molecule has 0 spiro atoms. The molecule has 3 amide bonds. The molecule has 0 aliphatic rings. The fourth-order valence-corrected chi connectivity index (χ4v) is 2.76. The maximum absolute atomic E-state index is 12.9. The van der Waals surface area contributed by atoms with Gasteiger partial charge in [0, 0.05) is 6.54 Å². The highest BCUT2D eigenvalue weighted by molar-refractivity contribution is 5.90. The van der Waals surface area contributed by atoms with E-state index in [4.69, 9.17) is 4.74 Å². The monoisotopic (exact) mass is 416 g/mol. The predicted molar refractivity (Wildman–Crippen MR) is 113 cm³/mol. The van der Waals surface area contributed by atoms with Crippen LogP contribution in [0.15, 0.2) is 24.3 Å². The van der Waals surface area contributed by atoms with Gasteiger partial charge in [-0.2, -0.15) is 5.26 Å². The van der Waals surface area contributed by atoms with Crippen LogP contribution in [0.2, 0.25) is 0 Å². The van der Waals surface area contributed by atoms with Crippen molar-refractivity contribution in [3.8, 4) is 6.07 Å². The maximum Gasteiger partial charge on any atom is 0.408 e. The van der Waals surface area contributed by atoms with E-state index in [1.807, 2.05) is 32.0 Å². The van der Waals surface area contributed by atoms with Gasteiger partial charge in [-0.25, -0.2) is 4.79 Å². The minimum absolute atomic E-state index is 0.297. The van der Waals surface area contributed by atoms with Gasteiger partial charge in [-0.1, -0.05) is 43.2 Å². The molecule has 1 unspecified atom stereocenters. The minimum Gasteiger partial charge on any atom is -0.444 e. The van der Waals surface area contributed by atoms with E-state index < -0.39 is 23.6 Å². The second-order valence-corrected chi connectivity index (χ2v) is 8.00. The van der Waals surface area contributed by atoms with E-state index in [2.05, 4.69) is 10.6 Å². The Morgan fingerprint density at radius 1 is 1.23 bits per heavy atom. The Labute approximate surface area is 178 Å². The molecule has 0 heterocycles. The van der Waals surface area contributed by atoms with Crippen molar-refractivity contribution in [2.75, 3.05) is 19.6 Å². The number of aryl methyl sites for hydroxylation is 1. The number of unbranched alkanes of at least 4 members (excludes halogenated alkanes) is 1. The summed E-state index contributed by atoms with van der Waals surface area (Å²) in [6.45, 7) is 8.83. The van der Waals surface area contributed by atoms with E-state index in [1.165, 1.54) is 4.90 Å². The number of hydrogen-bond acceptors (Lipinski definition) is 5. The minimum atomic E-state index is -0.977. The fraction of sp³-hybridized carbons (Fsp3) is 0.545. The van der Waals surface area contributed by atoms with Gasteiger partial charge in [0.1, 0.15) is 24.7 Å². The first-order valence-corrected chi connectivity index (χ1v) is 10.1. The number of nitriles is 1. The van der Waals surface area contributed by atoms with Gasteiger partial charge in [0.15, 0.2) is 0 Å². The Kier molecular flexibility index (Phi) is 9.82. The number of hydrogen-bond donors (Lipinski definition) is 2. The van der Waals surface area contributed by atoms with Gasteiger partial charge >= 0.3 is 6.09 Å². The van der Waals surface area contributed by atoms with Crippen LogP contribution in [0.25, 0.3) is 0 Å². The third kappa shape index (κ3) is 8.52. The second kappa shape index (κ2) is 11.8. The van der Waals surface area contributed by atoms with Crippen molar-refractivity contribution in [3.05, 3.63) is 35.4 Å². The molecular weight excluding hydrogens is 384 g/mol. The maximum atomic E-state index is 12.9. The zero-order chi connectivity index (χ0) is 22.7. The van der Waals surface area contributed by atoms with Crippen LogP contribution in [0.5, 0.6) is 0 Å². The van der Waals surface area contributed by atoms with Gasteiger partial charge < -0.3 is 20.3 Å². The lowest BCUT2D eigenvalue weighted by Gasteiger charge is -2.30. The van der Waals surface area contributed by atoms with Gasteiger partial charge in [-0.15, -0.1) is 0 Å². The van der Waals surface area contributed by atoms with Crippen LogP contribution in [-0.4, -0.2) is 48.0 Å². The second-order valence-electron chi connectivity index (χ2n) is 8.00. The van der Waals surface area contributed by atoms with Gasteiger partial charge in [-0.3, -0.25) is 9.59 Å². The number of carbonyl (C=O) groups is 3. The van der Waals surface area contributed by atoms with Crippen molar-refractivity contribution >= 4 is 17.9 Å². The summed E-state index contributed by atoms with van der Waals surface area (Å²) in [7, 11) is 0. The molecule has 0 saturated carbocycles. The summed E-state index contributed by atoms with van der Waals surface area (Å²) in [6, 6.07) is 8.20. The molecule has 2 N–H and O–H groups in total.